The van der Waals surface area contributed by atoms with Crippen LogP contribution in [0.25, 0.3) is 11.2 Å². The second-order valence-electron chi connectivity index (χ2n) is 5.18. The zero-order chi connectivity index (χ0) is 13.6. The zero-order valence-electron chi connectivity index (χ0n) is 11.2. The van der Waals surface area contributed by atoms with Gasteiger partial charge in [-0.15, -0.1) is 0 Å². The minimum atomic E-state index is -0.0316. The first kappa shape index (κ1) is 12.8. The average molecular weight is 281 g/mol. The summed E-state index contributed by atoms with van der Waals surface area (Å²) in [5.74, 6) is 0.931. The first-order chi connectivity index (χ1) is 9.13. The Morgan fingerprint density at radius 3 is 2.74 bits per heavy atom. The van der Waals surface area contributed by atoms with E-state index in [9.17, 15) is 0 Å². The van der Waals surface area contributed by atoms with Gasteiger partial charge >= 0.3 is 0 Å². The average Bonchev–Trinajstić information content (AvgIpc) is 2.94. The maximum atomic E-state index is 6.15. The molecule has 1 unspecified atom stereocenters. The van der Waals surface area contributed by atoms with E-state index >= 15 is 0 Å². The van der Waals surface area contributed by atoms with Crippen molar-refractivity contribution in [3.63, 3.8) is 0 Å². The van der Waals surface area contributed by atoms with Crippen molar-refractivity contribution in [1.29, 1.82) is 0 Å². The molecule has 2 aromatic heterocycles. The normalized spacial score (nSPS) is 31.2. The summed E-state index contributed by atoms with van der Waals surface area (Å²) in [6.07, 6.45) is 4.48. The SMILES string of the molecule is CC[C@H]1O[C@@H](n2cnc3c(Cl)ncnc32)C(C)[C@H]1C. The number of halogens is 1. The molecule has 19 heavy (non-hydrogen) atoms. The summed E-state index contributed by atoms with van der Waals surface area (Å²) < 4.78 is 8.12. The second kappa shape index (κ2) is 4.72. The molecule has 1 aliphatic heterocycles. The molecule has 0 bridgehead atoms. The maximum absolute atomic E-state index is 6.15. The molecule has 0 amide bonds. The van der Waals surface area contributed by atoms with Crippen molar-refractivity contribution in [2.24, 2.45) is 11.8 Å². The third kappa shape index (κ3) is 1.92. The van der Waals surface area contributed by atoms with Crippen LogP contribution in [0.15, 0.2) is 12.7 Å². The van der Waals surface area contributed by atoms with Gasteiger partial charge in [-0.1, -0.05) is 32.4 Å². The second-order valence-corrected chi connectivity index (χ2v) is 5.54. The Bertz CT molecular complexity index is 599. The molecule has 4 atom stereocenters. The quantitative estimate of drug-likeness (QED) is 0.794. The van der Waals surface area contributed by atoms with E-state index < -0.39 is 0 Å². The third-order valence-corrected chi connectivity index (χ3v) is 4.45. The summed E-state index contributed by atoms with van der Waals surface area (Å²) in [7, 11) is 0. The number of ether oxygens (including phenoxy) is 1. The molecule has 0 aromatic carbocycles. The molecule has 0 spiro atoms. The predicted octanol–water partition coefficient (Wildman–Crippen LogP) is 3.06. The number of fused-ring (bicyclic) bond motifs is 1. The van der Waals surface area contributed by atoms with Gasteiger partial charge in [0.05, 0.1) is 12.4 Å². The fourth-order valence-electron chi connectivity index (χ4n) is 2.82. The standard InChI is InChI=1S/C13H17ClN4O/c1-4-9-7(2)8(3)13(19-9)18-6-17-10-11(14)15-5-16-12(10)18/h5-9,13H,4H2,1-3H3/t7-,8?,9-,13-/m1/s1. The number of hydrogen-bond donors (Lipinski definition) is 0. The fourth-order valence-corrected chi connectivity index (χ4v) is 3.00. The first-order valence-corrected chi connectivity index (χ1v) is 6.99. The Balaban J connectivity index is 2.04. The van der Waals surface area contributed by atoms with Crippen molar-refractivity contribution in [2.75, 3.05) is 0 Å². The van der Waals surface area contributed by atoms with Crippen molar-refractivity contribution < 1.29 is 4.74 Å². The van der Waals surface area contributed by atoms with Gasteiger partial charge in [0.25, 0.3) is 0 Å². The van der Waals surface area contributed by atoms with Crippen molar-refractivity contribution in [3.8, 4) is 0 Å². The molecule has 6 heteroatoms. The summed E-state index contributed by atoms with van der Waals surface area (Å²) in [6.45, 7) is 6.60. The van der Waals surface area contributed by atoms with Crippen LogP contribution in [0.5, 0.6) is 0 Å². The predicted molar refractivity (Wildman–Crippen MR) is 72.9 cm³/mol. The molecule has 0 radical (unpaired) electrons. The van der Waals surface area contributed by atoms with Crippen molar-refractivity contribution in [2.45, 2.75) is 39.5 Å². The number of hydrogen-bond acceptors (Lipinski definition) is 4. The molecule has 0 saturated carbocycles. The van der Waals surface area contributed by atoms with Gasteiger partial charge < -0.3 is 4.74 Å². The topological polar surface area (TPSA) is 52.8 Å². The van der Waals surface area contributed by atoms with E-state index in [-0.39, 0.29) is 12.3 Å². The molecule has 0 aliphatic carbocycles. The van der Waals surface area contributed by atoms with E-state index in [0.717, 1.165) is 12.1 Å². The highest BCUT2D eigenvalue weighted by molar-refractivity contribution is 6.33. The molecule has 1 fully saturated rings. The van der Waals surface area contributed by atoms with Gasteiger partial charge in [0, 0.05) is 5.92 Å². The van der Waals surface area contributed by atoms with Crippen LogP contribution in [0.3, 0.4) is 0 Å². The molecule has 102 valence electrons. The lowest BCUT2D eigenvalue weighted by molar-refractivity contribution is -0.0120. The van der Waals surface area contributed by atoms with Gasteiger partial charge in [-0.3, -0.25) is 4.57 Å². The third-order valence-electron chi connectivity index (χ3n) is 4.17. The van der Waals surface area contributed by atoms with Crippen LogP contribution in [0, 0.1) is 11.8 Å². The van der Waals surface area contributed by atoms with Crippen molar-refractivity contribution >= 4 is 22.8 Å². The summed E-state index contributed by atoms with van der Waals surface area (Å²) in [4.78, 5) is 12.5. The van der Waals surface area contributed by atoms with E-state index in [1.807, 2.05) is 4.57 Å². The van der Waals surface area contributed by atoms with E-state index in [4.69, 9.17) is 16.3 Å². The fraction of sp³-hybridized carbons (Fsp3) is 0.615. The molecular formula is C13H17ClN4O. The Kier molecular flexibility index (Phi) is 3.19. The Morgan fingerprint density at radius 1 is 1.26 bits per heavy atom. The monoisotopic (exact) mass is 280 g/mol. The number of rotatable bonds is 2. The number of aromatic nitrogens is 4. The van der Waals surface area contributed by atoms with Crippen LogP contribution in [-0.4, -0.2) is 25.6 Å². The molecule has 1 saturated heterocycles. The van der Waals surface area contributed by atoms with Crippen molar-refractivity contribution in [3.05, 3.63) is 17.8 Å². The first-order valence-electron chi connectivity index (χ1n) is 6.62. The molecule has 1 aliphatic rings. The van der Waals surface area contributed by atoms with Gasteiger partial charge in [0.2, 0.25) is 0 Å². The van der Waals surface area contributed by atoms with Gasteiger partial charge in [0.15, 0.2) is 10.8 Å². The molecule has 5 nitrogen and oxygen atoms in total. The number of imidazole rings is 1. The molecule has 2 aromatic rings. The zero-order valence-corrected chi connectivity index (χ0v) is 12.0. The Hall–Kier alpha value is -1.20. The van der Waals surface area contributed by atoms with Gasteiger partial charge in [-0.25, -0.2) is 15.0 Å². The van der Waals surface area contributed by atoms with Gasteiger partial charge in [-0.2, -0.15) is 0 Å². The molecule has 3 rings (SSSR count). The lowest BCUT2D eigenvalue weighted by Gasteiger charge is -2.17. The highest BCUT2D eigenvalue weighted by Gasteiger charge is 2.39. The minimum Gasteiger partial charge on any atom is -0.354 e. The van der Waals surface area contributed by atoms with Gasteiger partial charge in [0.1, 0.15) is 18.1 Å². The van der Waals surface area contributed by atoms with Crippen LogP contribution in [0.2, 0.25) is 5.15 Å². The Labute approximate surface area is 117 Å². The highest BCUT2D eigenvalue weighted by Crippen LogP contribution is 2.41. The summed E-state index contributed by atoms with van der Waals surface area (Å²) in [5, 5.41) is 0.384. The van der Waals surface area contributed by atoms with Crippen LogP contribution in [-0.2, 0) is 4.74 Å². The largest absolute Gasteiger partial charge is 0.354 e. The highest BCUT2D eigenvalue weighted by atomic mass is 35.5. The van der Waals surface area contributed by atoms with Crippen LogP contribution in [0.1, 0.15) is 33.4 Å². The van der Waals surface area contributed by atoms with Crippen LogP contribution in [0.4, 0.5) is 0 Å². The van der Waals surface area contributed by atoms with E-state index in [2.05, 4.69) is 35.7 Å². The van der Waals surface area contributed by atoms with E-state index in [1.54, 1.807) is 6.33 Å². The minimum absolute atomic E-state index is 0.0316. The summed E-state index contributed by atoms with van der Waals surface area (Å²) >= 11 is 6.03. The molecule has 3 heterocycles. The molecule has 0 N–H and O–H groups in total. The van der Waals surface area contributed by atoms with Crippen molar-refractivity contribution in [1.82, 2.24) is 19.5 Å². The smallest absolute Gasteiger partial charge is 0.166 e. The molecular weight excluding hydrogens is 264 g/mol. The summed E-state index contributed by atoms with van der Waals surface area (Å²) in [6, 6.07) is 0. The Morgan fingerprint density at radius 2 is 2.05 bits per heavy atom. The lowest BCUT2D eigenvalue weighted by Crippen LogP contribution is -2.15. The van der Waals surface area contributed by atoms with E-state index in [1.165, 1.54) is 6.33 Å². The van der Waals surface area contributed by atoms with Crippen LogP contribution < -0.4 is 0 Å². The van der Waals surface area contributed by atoms with E-state index in [0.29, 0.717) is 22.5 Å². The number of nitrogens with zero attached hydrogens (tertiary/aromatic N) is 4. The van der Waals surface area contributed by atoms with Crippen LogP contribution >= 0.6 is 11.6 Å². The van der Waals surface area contributed by atoms with Gasteiger partial charge in [-0.05, 0) is 12.3 Å². The maximum Gasteiger partial charge on any atom is 0.166 e. The lowest BCUT2D eigenvalue weighted by atomic mass is 9.91. The summed E-state index contributed by atoms with van der Waals surface area (Å²) in [5.41, 5.74) is 1.37.